The minimum Gasteiger partial charge on any atom is -0.445 e. The Hall–Kier alpha value is -5.02. The molecule has 14 nitrogen and oxygen atoms in total. The molecule has 0 saturated heterocycles. The average molecular weight is 719 g/mol. The molecule has 52 heavy (non-hydrogen) atoms. The molecule has 14 heteroatoms. The molecular formula is C38H50N6O8. The van der Waals surface area contributed by atoms with E-state index in [4.69, 9.17) is 10.5 Å². The van der Waals surface area contributed by atoms with E-state index in [-0.39, 0.29) is 32.0 Å². The Labute approximate surface area is 303 Å². The van der Waals surface area contributed by atoms with Gasteiger partial charge in [0.15, 0.2) is 0 Å². The van der Waals surface area contributed by atoms with Crippen LogP contribution in [0, 0.1) is 5.92 Å². The van der Waals surface area contributed by atoms with E-state index in [1.807, 2.05) is 67.3 Å². The minimum atomic E-state index is -1.45. The molecular weight excluding hydrogens is 668 g/mol. The van der Waals surface area contributed by atoms with Gasteiger partial charge in [-0.15, -0.1) is 0 Å². The van der Waals surface area contributed by atoms with Crippen LogP contribution in [0.15, 0.2) is 84.7 Å². The lowest BCUT2D eigenvalue weighted by Crippen LogP contribution is -2.57. The summed E-state index contributed by atoms with van der Waals surface area (Å²) in [5.41, 5.74) is 10.3. The van der Waals surface area contributed by atoms with Crippen LogP contribution in [0.1, 0.15) is 52.0 Å². The number of hydrogen-bond donors (Lipinski definition) is 6. The van der Waals surface area contributed by atoms with Crippen LogP contribution in [0.3, 0.4) is 0 Å². The second kappa shape index (κ2) is 19.0. The first-order valence-corrected chi connectivity index (χ1v) is 17.4. The number of hydrogen-bond acceptors (Lipinski definition) is 10. The Morgan fingerprint density at radius 1 is 0.923 bits per heavy atom. The van der Waals surface area contributed by atoms with Crippen molar-refractivity contribution in [3.63, 3.8) is 0 Å². The number of alkyl carbamates (subject to hydrolysis) is 1. The van der Waals surface area contributed by atoms with Gasteiger partial charge in [0.25, 0.3) is 5.91 Å². The fourth-order valence-electron chi connectivity index (χ4n) is 5.77. The quantitative estimate of drug-likeness (QED) is 0.120. The van der Waals surface area contributed by atoms with E-state index in [2.05, 4.69) is 10.7 Å². The van der Waals surface area contributed by atoms with Gasteiger partial charge in [-0.3, -0.25) is 24.7 Å². The number of carbonyl (C=O) groups is 4. The van der Waals surface area contributed by atoms with Gasteiger partial charge >= 0.3 is 6.09 Å². The second-order valence-corrected chi connectivity index (χ2v) is 13.4. The summed E-state index contributed by atoms with van der Waals surface area (Å²) in [5.74, 6) is -1.60. The number of hydrazine groups is 1. The molecule has 0 saturated carbocycles. The molecule has 280 valence electrons. The molecule has 0 radical (unpaired) electrons. The predicted molar refractivity (Wildman–Crippen MR) is 196 cm³/mol. The lowest BCUT2D eigenvalue weighted by Gasteiger charge is -2.31. The molecule has 3 aromatic rings. The zero-order valence-electron chi connectivity index (χ0n) is 29.9. The highest BCUT2D eigenvalue weighted by Crippen LogP contribution is 2.34. The molecule has 1 aliphatic heterocycles. The van der Waals surface area contributed by atoms with E-state index >= 15 is 0 Å². The maximum atomic E-state index is 14.3. The maximum absolute atomic E-state index is 14.3. The van der Waals surface area contributed by atoms with Gasteiger partial charge in [0.05, 0.1) is 43.5 Å². The SMILES string of the molecule is CC(C)CC[C@H](O)CC(=O)NN(CC(O)CO)C(=O)[C@H](CC1=CN(C(=O)[C@H](C)N)CN1c1cccc2ccccc12)NC(=O)OCc1ccccc1. The second-order valence-electron chi connectivity index (χ2n) is 13.4. The van der Waals surface area contributed by atoms with Crippen molar-refractivity contribution in [3.05, 3.63) is 90.3 Å². The van der Waals surface area contributed by atoms with Crippen LogP contribution in [0.5, 0.6) is 0 Å². The first-order valence-electron chi connectivity index (χ1n) is 17.4. The van der Waals surface area contributed by atoms with Crippen LogP contribution in [-0.2, 0) is 25.7 Å². The number of amides is 4. The van der Waals surface area contributed by atoms with Gasteiger partial charge in [0, 0.05) is 23.7 Å². The number of aliphatic hydroxyl groups is 3. The number of fused-ring (bicyclic) bond motifs is 1. The van der Waals surface area contributed by atoms with Gasteiger partial charge in [0.1, 0.15) is 19.3 Å². The van der Waals surface area contributed by atoms with E-state index in [0.29, 0.717) is 30.0 Å². The third-order valence-corrected chi connectivity index (χ3v) is 8.52. The molecule has 0 aliphatic carbocycles. The van der Waals surface area contributed by atoms with Crippen LogP contribution in [0.4, 0.5) is 10.5 Å². The minimum absolute atomic E-state index is 0.0705. The summed E-state index contributed by atoms with van der Waals surface area (Å²) in [6.07, 6.45) is -1.25. The van der Waals surface area contributed by atoms with Crippen molar-refractivity contribution in [2.24, 2.45) is 11.7 Å². The van der Waals surface area contributed by atoms with Crippen molar-refractivity contribution in [1.82, 2.24) is 20.7 Å². The largest absolute Gasteiger partial charge is 0.445 e. The summed E-state index contributed by atoms with van der Waals surface area (Å²) in [4.78, 5) is 57.1. The summed E-state index contributed by atoms with van der Waals surface area (Å²) in [5, 5.41) is 35.7. The van der Waals surface area contributed by atoms with E-state index in [1.165, 1.54) is 4.90 Å². The normalized spacial score (nSPS) is 15.1. The van der Waals surface area contributed by atoms with Gasteiger partial charge in [-0.1, -0.05) is 80.6 Å². The highest BCUT2D eigenvalue weighted by Gasteiger charge is 2.35. The zero-order chi connectivity index (χ0) is 37.8. The molecule has 0 spiro atoms. The molecule has 4 amide bonds. The first kappa shape index (κ1) is 39.8. The van der Waals surface area contributed by atoms with Crippen molar-refractivity contribution in [2.45, 2.75) is 77.4 Å². The van der Waals surface area contributed by atoms with Gasteiger partial charge in [-0.05, 0) is 42.7 Å². The van der Waals surface area contributed by atoms with Crippen molar-refractivity contribution in [3.8, 4) is 0 Å². The lowest BCUT2D eigenvalue weighted by atomic mass is 10.0. The fourth-order valence-corrected chi connectivity index (χ4v) is 5.77. The van der Waals surface area contributed by atoms with Crippen LogP contribution in [-0.4, -0.2) is 93.2 Å². The average Bonchev–Trinajstić information content (AvgIpc) is 3.55. The molecule has 1 heterocycles. The molecule has 4 atom stereocenters. The Bertz CT molecular complexity index is 1700. The number of nitrogens with two attached hydrogens (primary N) is 1. The molecule has 0 fully saturated rings. The lowest BCUT2D eigenvalue weighted by molar-refractivity contribution is -0.146. The number of nitrogens with one attached hydrogen (secondary N) is 2. The van der Waals surface area contributed by atoms with E-state index < -0.39 is 55.4 Å². The van der Waals surface area contributed by atoms with Crippen LogP contribution < -0.4 is 21.4 Å². The molecule has 1 unspecified atom stereocenters. The van der Waals surface area contributed by atoms with Crippen LogP contribution in [0.25, 0.3) is 10.8 Å². The Balaban J connectivity index is 1.68. The van der Waals surface area contributed by atoms with Gasteiger partial charge in [-0.2, -0.15) is 0 Å². The highest BCUT2D eigenvalue weighted by molar-refractivity contribution is 5.96. The summed E-state index contributed by atoms with van der Waals surface area (Å²) >= 11 is 0. The number of anilines is 1. The molecule has 0 aromatic heterocycles. The van der Waals surface area contributed by atoms with Crippen molar-refractivity contribution in [2.75, 3.05) is 24.7 Å². The standard InChI is InChI=1S/C38H50N6O8/c1-25(2)16-17-30(46)19-35(48)41-44(21-31(47)22-45)37(50)33(40-38(51)52-23-27-10-5-4-6-11-27)18-29-20-42(36(49)26(3)39)24-43(29)34-15-9-13-28-12-7-8-14-32(28)34/h4-15,20,25-26,30-31,33,45-47H,16-19,21-24,39H2,1-3H3,(H,40,51)(H,41,48)/t26-,30-,31?,33-/m0/s1. The smallest absolute Gasteiger partial charge is 0.408 e. The van der Waals surface area contributed by atoms with Gasteiger partial charge in [-0.25, -0.2) is 9.80 Å². The Morgan fingerprint density at radius 2 is 1.62 bits per heavy atom. The van der Waals surface area contributed by atoms with Gasteiger partial charge in [0.2, 0.25) is 11.8 Å². The number of ether oxygens (including phenoxy) is 1. The molecule has 0 bridgehead atoms. The zero-order valence-corrected chi connectivity index (χ0v) is 29.9. The number of rotatable bonds is 16. The maximum Gasteiger partial charge on any atom is 0.408 e. The fraction of sp³-hybridized carbons (Fsp3) is 0.421. The highest BCUT2D eigenvalue weighted by atomic mass is 16.5. The number of aliphatic hydroxyl groups excluding tert-OH is 3. The van der Waals surface area contributed by atoms with Crippen molar-refractivity contribution in [1.29, 1.82) is 0 Å². The van der Waals surface area contributed by atoms with Crippen molar-refractivity contribution >= 4 is 40.3 Å². The summed E-state index contributed by atoms with van der Waals surface area (Å²) in [6.45, 7) is 4.29. The molecule has 7 N–H and O–H groups in total. The topological polar surface area (TPSA) is 198 Å². The predicted octanol–water partition coefficient (Wildman–Crippen LogP) is 2.72. The van der Waals surface area contributed by atoms with Crippen LogP contribution in [0.2, 0.25) is 0 Å². The summed E-state index contributed by atoms with van der Waals surface area (Å²) < 4.78 is 5.45. The monoisotopic (exact) mass is 718 g/mol. The van der Waals surface area contributed by atoms with E-state index in [1.54, 1.807) is 37.4 Å². The van der Waals surface area contributed by atoms with E-state index in [9.17, 15) is 34.5 Å². The Kier molecular flexibility index (Phi) is 14.5. The summed E-state index contributed by atoms with van der Waals surface area (Å²) in [7, 11) is 0. The number of nitrogens with zero attached hydrogens (tertiary/aromatic N) is 3. The third-order valence-electron chi connectivity index (χ3n) is 8.52. The number of benzene rings is 3. The Morgan fingerprint density at radius 3 is 2.31 bits per heavy atom. The van der Waals surface area contributed by atoms with E-state index in [0.717, 1.165) is 21.5 Å². The molecule has 4 rings (SSSR count). The molecule has 3 aromatic carbocycles. The number of carbonyl (C=O) groups excluding carboxylic acids is 4. The molecule has 1 aliphatic rings. The van der Waals surface area contributed by atoms with Gasteiger partial charge < -0.3 is 36.0 Å². The summed E-state index contributed by atoms with van der Waals surface area (Å²) in [6, 6.07) is 20.1. The van der Waals surface area contributed by atoms with Crippen LogP contribution >= 0.6 is 0 Å². The first-order chi connectivity index (χ1) is 24.9. The van der Waals surface area contributed by atoms with Crippen molar-refractivity contribution < 1.29 is 39.2 Å². The third kappa shape index (κ3) is 11.2.